The van der Waals surface area contributed by atoms with Gasteiger partial charge in [0.15, 0.2) is 0 Å². The molecule has 1 amide bonds. The standard InChI is InChI=1S/C21H25F2N3O2/c1-26(13-15-6-8-24-9-7-15)14-21(27)25-18-2-4-19(5-3-18)28-20-11-16(22)10-17(23)12-20/h6-12,18-19H,2-5,13-14H2,1H3,(H,25,27). The Morgan fingerprint density at radius 2 is 1.79 bits per heavy atom. The van der Waals surface area contributed by atoms with Gasteiger partial charge in [-0.25, -0.2) is 8.78 Å². The third-order valence-electron chi connectivity index (χ3n) is 4.79. The molecule has 1 aromatic carbocycles. The van der Waals surface area contributed by atoms with Crippen LogP contribution in [0, 0.1) is 11.6 Å². The van der Waals surface area contributed by atoms with Crippen LogP contribution in [-0.2, 0) is 11.3 Å². The highest BCUT2D eigenvalue weighted by atomic mass is 19.1. The summed E-state index contributed by atoms with van der Waals surface area (Å²) in [4.78, 5) is 18.2. The molecule has 150 valence electrons. The Morgan fingerprint density at radius 3 is 2.43 bits per heavy atom. The summed E-state index contributed by atoms with van der Waals surface area (Å²) in [5.41, 5.74) is 1.11. The van der Waals surface area contributed by atoms with E-state index in [1.165, 1.54) is 12.1 Å². The van der Waals surface area contributed by atoms with Crippen molar-refractivity contribution in [2.24, 2.45) is 0 Å². The lowest BCUT2D eigenvalue weighted by molar-refractivity contribution is -0.123. The van der Waals surface area contributed by atoms with Crippen LogP contribution in [0.1, 0.15) is 31.2 Å². The van der Waals surface area contributed by atoms with Gasteiger partial charge in [0.25, 0.3) is 0 Å². The van der Waals surface area contributed by atoms with Gasteiger partial charge in [0.1, 0.15) is 17.4 Å². The topological polar surface area (TPSA) is 54.5 Å². The molecule has 0 aliphatic heterocycles. The number of ether oxygens (including phenoxy) is 1. The normalized spacial score (nSPS) is 19.4. The van der Waals surface area contributed by atoms with Crippen LogP contribution in [0.15, 0.2) is 42.7 Å². The van der Waals surface area contributed by atoms with E-state index < -0.39 is 11.6 Å². The number of amides is 1. The Labute approximate surface area is 163 Å². The summed E-state index contributed by atoms with van der Waals surface area (Å²) in [5.74, 6) is -1.09. The zero-order valence-electron chi connectivity index (χ0n) is 15.9. The Bertz CT molecular complexity index is 760. The van der Waals surface area contributed by atoms with Crippen molar-refractivity contribution in [3.8, 4) is 5.75 Å². The molecule has 5 nitrogen and oxygen atoms in total. The summed E-state index contributed by atoms with van der Waals surface area (Å²) in [5, 5.41) is 3.07. The third-order valence-corrected chi connectivity index (χ3v) is 4.79. The van der Waals surface area contributed by atoms with E-state index >= 15 is 0 Å². The Kier molecular flexibility index (Phi) is 6.92. The molecule has 0 saturated heterocycles. The maximum absolute atomic E-state index is 13.3. The Morgan fingerprint density at radius 1 is 1.14 bits per heavy atom. The molecule has 2 aromatic rings. The van der Waals surface area contributed by atoms with Crippen molar-refractivity contribution in [1.82, 2.24) is 15.2 Å². The number of carbonyl (C=O) groups excluding carboxylic acids is 1. The number of pyridine rings is 1. The number of hydrogen-bond donors (Lipinski definition) is 1. The van der Waals surface area contributed by atoms with E-state index in [1.807, 2.05) is 24.1 Å². The van der Waals surface area contributed by atoms with Gasteiger partial charge < -0.3 is 10.1 Å². The molecule has 0 radical (unpaired) electrons. The van der Waals surface area contributed by atoms with Gasteiger partial charge in [-0.3, -0.25) is 14.7 Å². The number of rotatable bonds is 7. The van der Waals surface area contributed by atoms with Crippen LogP contribution in [0.3, 0.4) is 0 Å². The summed E-state index contributed by atoms with van der Waals surface area (Å²) in [6, 6.07) is 7.17. The van der Waals surface area contributed by atoms with Gasteiger partial charge in [0, 0.05) is 43.2 Å². The minimum atomic E-state index is -0.646. The number of nitrogens with zero attached hydrogens (tertiary/aromatic N) is 2. The van der Waals surface area contributed by atoms with Crippen LogP contribution >= 0.6 is 0 Å². The van der Waals surface area contributed by atoms with Crippen LogP contribution < -0.4 is 10.1 Å². The smallest absolute Gasteiger partial charge is 0.234 e. The molecule has 28 heavy (non-hydrogen) atoms. The van der Waals surface area contributed by atoms with Crippen LogP contribution in [0.4, 0.5) is 8.78 Å². The molecule has 1 aromatic heterocycles. The van der Waals surface area contributed by atoms with Crippen LogP contribution in [-0.4, -0.2) is 41.5 Å². The number of nitrogens with one attached hydrogen (secondary N) is 1. The molecule has 1 heterocycles. The largest absolute Gasteiger partial charge is 0.490 e. The van der Waals surface area contributed by atoms with Gasteiger partial charge >= 0.3 is 0 Å². The molecule has 1 aliphatic rings. The highest BCUT2D eigenvalue weighted by Crippen LogP contribution is 2.25. The molecular formula is C21H25F2N3O2. The predicted octanol–water partition coefficient (Wildman–Crippen LogP) is 3.30. The minimum Gasteiger partial charge on any atom is -0.490 e. The van der Waals surface area contributed by atoms with E-state index in [2.05, 4.69) is 10.3 Å². The molecule has 3 rings (SSSR count). The van der Waals surface area contributed by atoms with Crippen molar-refractivity contribution >= 4 is 5.91 Å². The summed E-state index contributed by atoms with van der Waals surface area (Å²) in [7, 11) is 1.91. The number of aromatic nitrogens is 1. The van der Waals surface area contributed by atoms with Crippen molar-refractivity contribution in [2.45, 2.75) is 44.4 Å². The van der Waals surface area contributed by atoms with Crippen molar-refractivity contribution in [3.63, 3.8) is 0 Å². The Hall–Kier alpha value is -2.54. The summed E-state index contributed by atoms with van der Waals surface area (Å²) in [6.45, 7) is 1.00. The second-order valence-electron chi connectivity index (χ2n) is 7.29. The van der Waals surface area contributed by atoms with Crippen LogP contribution in [0.2, 0.25) is 0 Å². The highest BCUT2D eigenvalue weighted by Gasteiger charge is 2.24. The summed E-state index contributed by atoms with van der Waals surface area (Å²) >= 11 is 0. The molecule has 0 unspecified atom stereocenters. The summed E-state index contributed by atoms with van der Waals surface area (Å²) < 4.78 is 32.2. The number of halogens is 2. The first-order valence-electron chi connectivity index (χ1n) is 9.47. The average molecular weight is 389 g/mol. The van der Waals surface area contributed by atoms with Gasteiger partial charge in [-0.15, -0.1) is 0 Å². The van der Waals surface area contributed by atoms with E-state index in [0.29, 0.717) is 13.1 Å². The van der Waals surface area contributed by atoms with E-state index in [4.69, 9.17) is 4.74 Å². The molecule has 1 aliphatic carbocycles. The molecular weight excluding hydrogens is 364 g/mol. The second kappa shape index (κ2) is 9.59. The first-order valence-corrected chi connectivity index (χ1v) is 9.47. The van der Waals surface area contributed by atoms with Crippen molar-refractivity contribution in [2.75, 3.05) is 13.6 Å². The highest BCUT2D eigenvalue weighted by molar-refractivity contribution is 5.78. The molecule has 1 saturated carbocycles. The molecule has 0 atom stereocenters. The molecule has 1 fully saturated rings. The van der Waals surface area contributed by atoms with Crippen molar-refractivity contribution in [3.05, 3.63) is 59.9 Å². The maximum atomic E-state index is 13.3. The fourth-order valence-corrected chi connectivity index (χ4v) is 3.49. The SMILES string of the molecule is CN(CC(=O)NC1CCC(Oc2cc(F)cc(F)c2)CC1)Cc1ccncc1. The van der Waals surface area contributed by atoms with E-state index in [-0.39, 0.29) is 23.8 Å². The van der Waals surface area contributed by atoms with Crippen LogP contribution in [0.5, 0.6) is 5.75 Å². The fourth-order valence-electron chi connectivity index (χ4n) is 3.49. The van der Waals surface area contributed by atoms with Crippen molar-refractivity contribution in [1.29, 1.82) is 0 Å². The number of benzene rings is 1. The minimum absolute atomic E-state index is 0.00636. The van der Waals surface area contributed by atoms with Gasteiger partial charge in [0.2, 0.25) is 5.91 Å². The quantitative estimate of drug-likeness (QED) is 0.790. The average Bonchev–Trinajstić information content (AvgIpc) is 2.63. The summed E-state index contributed by atoms with van der Waals surface area (Å²) in [6.07, 6.45) is 6.41. The first-order chi connectivity index (χ1) is 13.5. The lowest BCUT2D eigenvalue weighted by Gasteiger charge is -2.30. The van der Waals surface area contributed by atoms with Gasteiger partial charge in [-0.2, -0.15) is 0 Å². The lowest BCUT2D eigenvalue weighted by Crippen LogP contribution is -2.43. The molecule has 0 spiro atoms. The molecule has 1 N–H and O–H groups in total. The van der Waals surface area contributed by atoms with Crippen molar-refractivity contribution < 1.29 is 18.3 Å². The van der Waals surface area contributed by atoms with E-state index in [9.17, 15) is 13.6 Å². The fraction of sp³-hybridized carbons (Fsp3) is 0.429. The number of hydrogen-bond acceptors (Lipinski definition) is 4. The lowest BCUT2D eigenvalue weighted by atomic mass is 9.93. The zero-order chi connectivity index (χ0) is 19.9. The molecule has 0 bridgehead atoms. The van der Waals surface area contributed by atoms with Crippen LogP contribution in [0.25, 0.3) is 0 Å². The third kappa shape index (κ3) is 6.27. The van der Waals surface area contributed by atoms with E-state index in [1.54, 1.807) is 12.4 Å². The zero-order valence-corrected chi connectivity index (χ0v) is 15.9. The van der Waals surface area contributed by atoms with Gasteiger partial charge in [-0.1, -0.05) is 0 Å². The predicted molar refractivity (Wildman–Crippen MR) is 102 cm³/mol. The van der Waals surface area contributed by atoms with Gasteiger partial charge in [0.05, 0.1) is 12.6 Å². The number of likely N-dealkylation sites (N-methyl/N-ethyl adjacent to an activating group) is 1. The monoisotopic (exact) mass is 389 g/mol. The second-order valence-corrected chi connectivity index (χ2v) is 7.29. The maximum Gasteiger partial charge on any atom is 0.234 e. The molecule has 7 heteroatoms. The first kappa shape index (κ1) is 20.2. The van der Waals surface area contributed by atoms with Gasteiger partial charge in [-0.05, 0) is 50.4 Å². The number of carbonyl (C=O) groups is 1. The van der Waals surface area contributed by atoms with E-state index in [0.717, 1.165) is 37.3 Å². The Balaban J connectivity index is 1.39.